The number of aromatic nitrogens is 3. The maximum absolute atomic E-state index is 12.9. The van der Waals surface area contributed by atoms with E-state index in [1.807, 2.05) is 20.9 Å². The number of ether oxygens (including phenoxy) is 3. The molecule has 8 nitrogen and oxygen atoms in total. The van der Waals surface area contributed by atoms with Gasteiger partial charge in [0.2, 0.25) is 5.75 Å². The number of carbonyl (C=O) groups is 1. The molecule has 8 heteroatoms. The van der Waals surface area contributed by atoms with Gasteiger partial charge >= 0.3 is 0 Å². The van der Waals surface area contributed by atoms with Gasteiger partial charge in [-0.3, -0.25) is 14.5 Å². The second-order valence-electron chi connectivity index (χ2n) is 6.47. The summed E-state index contributed by atoms with van der Waals surface area (Å²) in [6.45, 7) is 3.90. The van der Waals surface area contributed by atoms with Gasteiger partial charge in [-0.15, -0.1) is 0 Å². The molecule has 29 heavy (non-hydrogen) atoms. The first-order chi connectivity index (χ1) is 13.9. The summed E-state index contributed by atoms with van der Waals surface area (Å²) in [4.78, 5) is 17.3. The van der Waals surface area contributed by atoms with Crippen LogP contribution in [0.25, 0.3) is 11.3 Å². The molecule has 2 aromatic heterocycles. The van der Waals surface area contributed by atoms with Crippen LogP contribution < -0.4 is 19.5 Å². The summed E-state index contributed by atoms with van der Waals surface area (Å²) in [6.07, 6.45) is 1.62. The van der Waals surface area contributed by atoms with Crippen LogP contribution in [0.2, 0.25) is 0 Å². The van der Waals surface area contributed by atoms with Crippen LogP contribution in [0, 0.1) is 13.8 Å². The fraction of sp³-hybridized carbons (Fsp3) is 0.286. The highest BCUT2D eigenvalue weighted by atomic mass is 16.5. The number of hydrogen-bond acceptors (Lipinski definition) is 6. The zero-order valence-electron chi connectivity index (χ0n) is 17.4. The van der Waals surface area contributed by atoms with Crippen molar-refractivity contribution in [2.45, 2.75) is 13.8 Å². The van der Waals surface area contributed by atoms with Crippen molar-refractivity contribution in [2.24, 2.45) is 7.05 Å². The van der Waals surface area contributed by atoms with E-state index in [-0.39, 0.29) is 5.91 Å². The Morgan fingerprint density at radius 2 is 1.69 bits per heavy atom. The van der Waals surface area contributed by atoms with Gasteiger partial charge in [0.25, 0.3) is 5.91 Å². The van der Waals surface area contributed by atoms with Crippen molar-refractivity contribution in [3.8, 4) is 28.5 Å². The van der Waals surface area contributed by atoms with Crippen LogP contribution in [0.1, 0.15) is 21.7 Å². The fourth-order valence-electron chi connectivity index (χ4n) is 3.21. The lowest BCUT2D eigenvalue weighted by atomic mass is 10.1. The van der Waals surface area contributed by atoms with Gasteiger partial charge in [0.15, 0.2) is 11.5 Å². The van der Waals surface area contributed by atoms with Crippen molar-refractivity contribution in [1.82, 2.24) is 14.8 Å². The van der Waals surface area contributed by atoms with E-state index in [9.17, 15) is 4.79 Å². The Hall–Kier alpha value is -3.55. The van der Waals surface area contributed by atoms with Crippen molar-refractivity contribution in [3.05, 3.63) is 47.4 Å². The summed E-state index contributed by atoms with van der Waals surface area (Å²) in [5, 5.41) is 7.29. The first-order valence-corrected chi connectivity index (χ1v) is 8.97. The minimum atomic E-state index is -0.276. The van der Waals surface area contributed by atoms with E-state index < -0.39 is 0 Å². The van der Waals surface area contributed by atoms with Crippen molar-refractivity contribution in [1.29, 1.82) is 0 Å². The number of amides is 1. The zero-order chi connectivity index (χ0) is 21.1. The molecule has 0 aliphatic carbocycles. The van der Waals surface area contributed by atoms with E-state index in [2.05, 4.69) is 15.4 Å². The molecule has 0 atom stereocenters. The molecular weight excluding hydrogens is 372 g/mol. The first-order valence-electron chi connectivity index (χ1n) is 8.97. The molecule has 1 aromatic carbocycles. The zero-order valence-corrected chi connectivity index (χ0v) is 17.4. The molecule has 0 unspecified atom stereocenters. The highest BCUT2D eigenvalue weighted by Crippen LogP contribution is 2.40. The van der Waals surface area contributed by atoms with Gasteiger partial charge < -0.3 is 19.5 Å². The number of anilines is 1. The number of carbonyl (C=O) groups excluding carboxylic acids is 1. The number of aryl methyl sites for hydroxylation is 2. The molecule has 0 fully saturated rings. The summed E-state index contributed by atoms with van der Waals surface area (Å²) < 4.78 is 17.8. The second kappa shape index (κ2) is 8.22. The predicted molar refractivity (Wildman–Crippen MR) is 110 cm³/mol. The number of hydrogen-bond donors (Lipinski definition) is 1. The van der Waals surface area contributed by atoms with Gasteiger partial charge in [-0.2, -0.15) is 5.10 Å². The molecule has 3 rings (SSSR count). The van der Waals surface area contributed by atoms with Gasteiger partial charge in [0, 0.05) is 47.9 Å². The van der Waals surface area contributed by atoms with Crippen LogP contribution in [0.4, 0.5) is 5.69 Å². The Morgan fingerprint density at radius 3 is 2.21 bits per heavy atom. The predicted octanol–water partition coefficient (Wildman–Crippen LogP) is 3.38. The van der Waals surface area contributed by atoms with E-state index in [1.165, 1.54) is 21.3 Å². The summed E-state index contributed by atoms with van der Waals surface area (Å²) in [5.74, 6) is 1.10. The number of nitrogens with zero attached hydrogens (tertiary/aromatic N) is 3. The Morgan fingerprint density at radius 1 is 1.03 bits per heavy atom. The molecule has 0 bridgehead atoms. The average Bonchev–Trinajstić information content (AvgIpc) is 2.98. The third-order valence-corrected chi connectivity index (χ3v) is 4.71. The lowest BCUT2D eigenvalue weighted by Crippen LogP contribution is -2.12. The Bertz CT molecular complexity index is 1030. The molecule has 0 saturated heterocycles. The smallest absolute Gasteiger partial charge is 0.255 e. The molecule has 152 valence electrons. The molecule has 2 heterocycles. The number of nitrogens with one attached hydrogen (secondary N) is 1. The highest BCUT2D eigenvalue weighted by molar-refractivity contribution is 6.05. The summed E-state index contributed by atoms with van der Waals surface area (Å²) in [7, 11) is 6.46. The standard InChI is InChI=1S/C21H24N4O4/c1-12-19(13(2)25(3)24-12)16-9-14(7-8-22-16)21(26)23-15-10-17(27-4)20(29-6)18(11-15)28-5/h7-11H,1-6H3,(H,23,26). The normalized spacial score (nSPS) is 10.6. The van der Waals surface area contributed by atoms with E-state index in [0.717, 1.165) is 17.0 Å². The van der Waals surface area contributed by atoms with E-state index in [1.54, 1.807) is 35.1 Å². The van der Waals surface area contributed by atoms with E-state index in [4.69, 9.17) is 14.2 Å². The molecule has 0 spiro atoms. The number of pyridine rings is 1. The SMILES string of the molecule is COc1cc(NC(=O)c2ccnc(-c3c(C)nn(C)c3C)c2)cc(OC)c1OC. The second-order valence-corrected chi connectivity index (χ2v) is 6.47. The van der Waals surface area contributed by atoms with Crippen molar-refractivity contribution >= 4 is 11.6 Å². The third-order valence-electron chi connectivity index (χ3n) is 4.71. The Kier molecular flexibility index (Phi) is 5.72. The monoisotopic (exact) mass is 396 g/mol. The van der Waals surface area contributed by atoms with Crippen LogP contribution in [-0.4, -0.2) is 42.0 Å². The fourth-order valence-corrected chi connectivity index (χ4v) is 3.21. The number of methoxy groups -OCH3 is 3. The maximum Gasteiger partial charge on any atom is 0.255 e. The molecule has 1 amide bonds. The largest absolute Gasteiger partial charge is 0.493 e. The van der Waals surface area contributed by atoms with Gasteiger partial charge in [0.1, 0.15) is 0 Å². The Balaban J connectivity index is 1.93. The average molecular weight is 396 g/mol. The molecular formula is C21H24N4O4. The lowest BCUT2D eigenvalue weighted by molar-refractivity contribution is 0.102. The number of rotatable bonds is 6. The van der Waals surface area contributed by atoms with Crippen molar-refractivity contribution in [3.63, 3.8) is 0 Å². The minimum absolute atomic E-state index is 0.276. The summed E-state index contributed by atoms with van der Waals surface area (Å²) in [5.41, 5.74) is 4.47. The lowest BCUT2D eigenvalue weighted by Gasteiger charge is -2.14. The molecule has 1 N–H and O–H groups in total. The molecule has 0 aliphatic rings. The van der Waals surface area contributed by atoms with Crippen molar-refractivity contribution in [2.75, 3.05) is 26.6 Å². The van der Waals surface area contributed by atoms with E-state index in [0.29, 0.717) is 34.2 Å². The molecule has 0 saturated carbocycles. The van der Waals surface area contributed by atoms with Gasteiger partial charge in [0.05, 0.1) is 32.7 Å². The van der Waals surface area contributed by atoms with Gasteiger partial charge in [-0.1, -0.05) is 0 Å². The van der Waals surface area contributed by atoms with Crippen LogP contribution in [-0.2, 0) is 7.05 Å². The maximum atomic E-state index is 12.9. The topological polar surface area (TPSA) is 87.5 Å². The molecule has 0 aliphatic heterocycles. The van der Waals surface area contributed by atoms with Crippen LogP contribution in [0.15, 0.2) is 30.5 Å². The molecule has 0 radical (unpaired) electrons. The van der Waals surface area contributed by atoms with Gasteiger partial charge in [-0.25, -0.2) is 0 Å². The summed E-state index contributed by atoms with van der Waals surface area (Å²) >= 11 is 0. The Labute approximate surface area is 169 Å². The van der Waals surface area contributed by atoms with Crippen LogP contribution >= 0.6 is 0 Å². The highest BCUT2D eigenvalue weighted by Gasteiger charge is 2.17. The third kappa shape index (κ3) is 3.87. The van der Waals surface area contributed by atoms with Crippen LogP contribution in [0.5, 0.6) is 17.2 Å². The first kappa shape index (κ1) is 20.2. The minimum Gasteiger partial charge on any atom is -0.493 e. The quantitative estimate of drug-likeness (QED) is 0.687. The van der Waals surface area contributed by atoms with Crippen molar-refractivity contribution < 1.29 is 19.0 Å². The summed E-state index contributed by atoms with van der Waals surface area (Å²) in [6, 6.07) is 6.77. The molecule has 3 aromatic rings. The van der Waals surface area contributed by atoms with E-state index >= 15 is 0 Å². The number of benzene rings is 1. The van der Waals surface area contributed by atoms with Gasteiger partial charge in [-0.05, 0) is 26.0 Å². The van der Waals surface area contributed by atoms with Crippen LogP contribution in [0.3, 0.4) is 0 Å².